The summed E-state index contributed by atoms with van der Waals surface area (Å²) in [5.41, 5.74) is 0. The summed E-state index contributed by atoms with van der Waals surface area (Å²) in [7, 11) is 0. The summed E-state index contributed by atoms with van der Waals surface area (Å²) in [6, 6.07) is 0. The summed E-state index contributed by atoms with van der Waals surface area (Å²) in [5.74, 6) is 0.712. The average molecular weight is 271 g/mol. The zero-order chi connectivity index (χ0) is 13.9. The third-order valence-electron chi connectivity index (χ3n) is 3.57. The van der Waals surface area contributed by atoms with Crippen LogP contribution < -0.4 is 5.32 Å². The van der Waals surface area contributed by atoms with Crippen LogP contribution in [-0.4, -0.2) is 38.5 Å². The van der Waals surface area contributed by atoms with Crippen LogP contribution in [0.25, 0.3) is 0 Å². The molecule has 1 heterocycles. The number of unbranched alkanes of at least 4 members (excludes halogenated alkanes) is 3. The quantitative estimate of drug-likeness (QED) is 0.584. The van der Waals surface area contributed by atoms with Gasteiger partial charge in [-0.2, -0.15) is 0 Å². The molecule has 0 radical (unpaired) electrons. The fourth-order valence-electron chi connectivity index (χ4n) is 2.43. The molecule has 0 aromatic carbocycles. The van der Waals surface area contributed by atoms with Gasteiger partial charge in [0, 0.05) is 13.2 Å². The molecule has 1 aliphatic rings. The predicted molar refractivity (Wildman–Crippen MR) is 80.6 cm³/mol. The van der Waals surface area contributed by atoms with Crippen molar-refractivity contribution in [1.29, 1.82) is 0 Å². The minimum atomic E-state index is 0.331. The number of nitrogens with one attached hydrogen (secondary N) is 1. The number of ether oxygens (including phenoxy) is 2. The van der Waals surface area contributed by atoms with E-state index in [1.807, 2.05) is 0 Å². The van der Waals surface area contributed by atoms with Gasteiger partial charge in [0.1, 0.15) is 0 Å². The van der Waals surface area contributed by atoms with Crippen molar-refractivity contribution < 1.29 is 9.47 Å². The third kappa shape index (κ3) is 8.61. The van der Waals surface area contributed by atoms with E-state index in [9.17, 15) is 0 Å². The zero-order valence-electron chi connectivity index (χ0n) is 13.1. The largest absolute Gasteiger partial charge is 0.379 e. The van der Waals surface area contributed by atoms with Gasteiger partial charge in [0.25, 0.3) is 0 Å². The third-order valence-corrected chi connectivity index (χ3v) is 3.57. The molecular formula is C16H33NO2. The molecule has 0 amide bonds. The molecule has 1 rings (SSSR count). The standard InChI is InChI=1S/C16H33NO2/c1-4-5-6-7-10-18-13-16-9-8-15(19-16)12-17-11-14(2)3/h14-17H,4-13H2,1-3H3. The molecule has 2 atom stereocenters. The molecule has 1 fully saturated rings. The average Bonchev–Trinajstić information content (AvgIpc) is 2.81. The normalized spacial score (nSPS) is 23.4. The molecule has 3 nitrogen and oxygen atoms in total. The van der Waals surface area contributed by atoms with Crippen LogP contribution in [0.4, 0.5) is 0 Å². The van der Waals surface area contributed by atoms with Gasteiger partial charge in [0.2, 0.25) is 0 Å². The van der Waals surface area contributed by atoms with Gasteiger partial charge in [0.05, 0.1) is 18.8 Å². The van der Waals surface area contributed by atoms with E-state index in [0.717, 1.165) is 32.7 Å². The van der Waals surface area contributed by atoms with Crippen LogP contribution >= 0.6 is 0 Å². The molecule has 0 saturated carbocycles. The van der Waals surface area contributed by atoms with Crippen LogP contribution in [0.1, 0.15) is 59.3 Å². The van der Waals surface area contributed by atoms with Crippen molar-refractivity contribution in [2.75, 3.05) is 26.3 Å². The molecule has 0 aliphatic carbocycles. The first-order valence-electron chi connectivity index (χ1n) is 8.16. The van der Waals surface area contributed by atoms with Gasteiger partial charge in [-0.05, 0) is 31.7 Å². The topological polar surface area (TPSA) is 30.5 Å². The van der Waals surface area contributed by atoms with E-state index in [2.05, 4.69) is 26.1 Å². The maximum Gasteiger partial charge on any atom is 0.0813 e. The summed E-state index contributed by atoms with van der Waals surface area (Å²) in [6.45, 7) is 10.5. The molecule has 1 saturated heterocycles. The molecule has 2 unspecified atom stereocenters. The fourth-order valence-corrected chi connectivity index (χ4v) is 2.43. The van der Waals surface area contributed by atoms with Gasteiger partial charge in [-0.25, -0.2) is 0 Å². The number of rotatable bonds is 11. The second-order valence-corrected chi connectivity index (χ2v) is 6.15. The van der Waals surface area contributed by atoms with Gasteiger partial charge in [-0.1, -0.05) is 40.0 Å². The summed E-state index contributed by atoms with van der Waals surface area (Å²) >= 11 is 0. The zero-order valence-corrected chi connectivity index (χ0v) is 13.1. The second-order valence-electron chi connectivity index (χ2n) is 6.15. The van der Waals surface area contributed by atoms with Crippen LogP contribution in [0.2, 0.25) is 0 Å². The smallest absolute Gasteiger partial charge is 0.0813 e. The molecule has 0 aromatic rings. The minimum absolute atomic E-state index is 0.331. The molecule has 114 valence electrons. The van der Waals surface area contributed by atoms with Crippen molar-refractivity contribution in [1.82, 2.24) is 5.32 Å². The number of hydrogen-bond donors (Lipinski definition) is 1. The first kappa shape index (κ1) is 16.9. The molecule has 0 spiro atoms. The lowest BCUT2D eigenvalue weighted by Gasteiger charge is -2.15. The van der Waals surface area contributed by atoms with Crippen molar-refractivity contribution in [3.8, 4) is 0 Å². The molecule has 19 heavy (non-hydrogen) atoms. The Balaban J connectivity index is 1.93. The first-order chi connectivity index (χ1) is 9.22. The van der Waals surface area contributed by atoms with Crippen LogP contribution in [0.3, 0.4) is 0 Å². The van der Waals surface area contributed by atoms with Crippen molar-refractivity contribution in [2.24, 2.45) is 5.92 Å². The lowest BCUT2D eigenvalue weighted by atomic mass is 10.2. The summed E-state index contributed by atoms with van der Waals surface area (Å²) in [4.78, 5) is 0. The van der Waals surface area contributed by atoms with Crippen LogP contribution in [0, 0.1) is 5.92 Å². The van der Waals surface area contributed by atoms with Gasteiger partial charge in [-0.3, -0.25) is 0 Å². The second kappa shape index (κ2) is 10.6. The Labute approximate surface area is 119 Å². The van der Waals surface area contributed by atoms with Crippen molar-refractivity contribution in [3.63, 3.8) is 0 Å². The molecule has 0 aromatic heterocycles. The summed E-state index contributed by atoms with van der Waals surface area (Å²) < 4.78 is 11.7. The van der Waals surface area contributed by atoms with Gasteiger partial charge in [0.15, 0.2) is 0 Å². The SMILES string of the molecule is CCCCCCOCC1CCC(CNCC(C)C)O1. The first-order valence-corrected chi connectivity index (χ1v) is 8.16. The van der Waals surface area contributed by atoms with Crippen molar-refractivity contribution in [2.45, 2.75) is 71.5 Å². The van der Waals surface area contributed by atoms with E-state index < -0.39 is 0 Å². The van der Waals surface area contributed by atoms with E-state index in [1.165, 1.54) is 32.1 Å². The lowest BCUT2D eigenvalue weighted by Crippen LogP contribution is -2.30. The Bertz CT molecular complexity index is 209. The van der Waals surface area contributed by atoms with E-state index in [1.54, 1.807) is 0 Å². The highest BCUT2D eigenvalue weighted by atomic mass is 16.5. The summed E-state index contributed by atoms with van der Waals surface area (Å²) in [6.07, 6.45) is 8.16. The fraction of sp³-hybridized carbons (Fsp3) is 1.00. The highest BCUT2D eigenvalue weighted by molar-refractivity contribution is 4.75. The maximum atomic E-state index is 5.98. The van der Waals surface area contributed by atoms with Gasteiger partial charge < -0.3 is 14.8 Å². The van der Waals surface area contributed by atoms with Crippen molar-refractivity contribution in [3.05, 3.63) is 0 Å². The highest BCUT2D eigenvalue weighted by Crippen LogP contribution is 2.19. The van der Waals surface area contributed by atoms with E-state index in [-0.39, 0.29) is 0 Å². The maximum absolute atomic E-state index is 5.98. The van der Waals surface area contributed by atoms with Gasteiger partial charge >= 0.3 is 0 Å². The highest BCUT2D eigenvalue weighted by Gasteiger charge is 2.24. The molecule has 1 aliphatic heterocycles. The van der Waals surface area contributed by atoms with E-state index in [0.29, 0.717) is 18.1 Å². The lowest BCUT2D eigenvalue weighted by molar-refractivity contribution is -0.0150. The van der Waals surface area contributed by atoms with Crippen LogP contribution in [-0.2, 0) is 9.47 Å². The van der Waals surface area contributed by atoms with Crippen molar-refractivity contribution >= 4 is 0 Å². The molecule has 0 bridgehead atoms. The Hall–Kier alpha value is -0.120. The minimum Gasteiger partial charge on any atom is -0.379 e. The molecule has 3 heteroatoms. The van der Waals surface area contributed by atoms with Crippen LogP contribution in [0.15, 0.2) is 0 Å². The molecular weight excluding hydrogens is 238 g/mol. The van der Waals surface area contributed by atoms with E-state index in [4.69, 9.17) is 9.47 Å². The monoisotopic (exact) mass is 271 g/mol. The predicted octanol–water partition coefficient (Wildman–Crippen LogP) is 3.38. The molecule has 1 N–H and O–H groups in total. The van der Waals surface area contributed by atoms with E-state index >= 15 is 0 Å². The number of hydrogen-bond acceptors (Lipinski definition) is 3. The Kier molecular flexibility index (Phi) is 9.48. The van der Waals surface area contributed by atoms with Crippen LogP contribution in [0.5, 0.6) is 0 Å². The Morgan fingerprint density at radius 3 is 2.68 bits per heavy atom. The summed E-state index contributed by atoms with van der Waals surface area (Å²) in [5, 5.41) is 3.47. The van der Waals surface area contributed by atoms with Gasteiger partial charge in [-0.15, -0.1) is 0 Å². The Morgan fingerprint density at radius 1 is 1.16 bits per heavy atom. The Morgan fingerprint density at radius 2 is 1.95 bits per heavy atom.